The van der Waals surface area contributed by atoms with Crippen LogP contribution in [0.4, 0.5) is 10.5 Å². The molecule has 0 spiro atoms. The molecule has 0 saturated heterocycles. The summed E-state index contributed by atoms with van der Waals surface area (Å²) in [6.45, 7) is 1.65. The molecule has 9 heteroatoms. The van der Waals surface area contributed by atoms with Crippen molar-refractivity contribution in [3.05, 3.63) is 35.4 Å². The fourth-order valence-electron chi connectivity index (χ4n) is 1.34. The molecule has 8 nitrogen and oxygen atoms in total. The highest BCUT2D eigenvalue weighted by Crippen LogP contribution is 2.18. The monoisotopic (exact) mass is 314 g/mol. The summed E-state index contributed by atoms with van der Waals surface area (Å²) in [6.07, 6.45) is 1.12. The van der Waals surface area contributed by atoms with Crippen molar-refractivity contribution in [3.63, 3.8) is 0 Å². The van der Waals surface area contributed by atoms with Crippen LogP contribution in [0.25, 0.3) is 6.08 Å². The molecule has 0 fully saturated rings. The van der Waals surface area contributed by atoms with Gasteiger partial charge in [0.05, 0.1) is 12.8 Å². The molecule has 0 heterocycles. The molecule has 114 valence electrons. The molecular formula is C12H14N2O6S. The number of nitrogens with one attached hydrogen (secondary N) is 2. The molecule has 1 rings (SSSR count). The van der Waals surface area contributed by atoms with E-state index >= 15 is 0 Å². The van der Waals surface area contributed by atoms with Gasteiger partial charge in [-0.05, 0) is 30.2 Å². The summed E-state index contributed by atoms with van der Waals surface area (Å²) in [6, 6.07) is 4.67. The molecule has 21 heavy (non-hydrogen) atoms. The van der Waals surface area contributed by atoms with E-state index in [9.17, 15) is 18.0 Å². The number of anilines is 1. The highest BCUT2D eigenvalue weighted by molar-refractivity contribution is 7.91. The van der Waals surface area contributed by atoms with E-state index in [4.69, 9.17) is 5.11 Å². The Labute approximate surface area is 121 Å². The van der Waals surface area contributed by atoms with Gasteiger partial charge in [-0.3, -0.25) is 4.72 Å². The standard InChI is InChI=1S/C12H14N2O6S/c1-8-3-4-9(5-6-11(15)16)7-10(8)13-21(18,19)14-12(17)20-2/h3-7,13H,1-2H3,(H,14,17)(H,15,16)/b6-5+. The number of rotatable bonds is 5. The van der Waals surface area contributed by atoms with Crippen LogP contribution in [0.5, 0.6) is 0 Å². The fourth-order valence-corrected chi connectivity index (χ4v) is 2.21. The number of aliphatic carboxylic acids is 1. The lowest BCUT2D eigenvalue weighted by molar-refractivity contribution is -0.131. The Morgan fingerprint density at radius 3 is 2.57 bits per heavy atom. The van der Waals surface area contributed by atoms with E-state index in [-0.39, 0.29) is 5.69 Å². The van der Waals surface area contributed by atoms with Gasteiger partial charge in [0.25, 0.3) is 0 Å². The minimum atomic E-state index is -4.13. The third kappa shape index (κ3) is 5.53. The number of carbonyl (C=O) groups excluding carboxylic acids is 1. The third-order valence-electron chi connectivity index (χ3n) is 2.33. The number of benzene rings is 1. The quantitative estimate of drug-likeness (QED) is 0.700. The van der Waals surface area contributed by atoms with Crippen LogP contribution < -0.4 is 9.44 Å². The molecule has 0 aromatic heterocycles. The number of carboxylic acids is 1. The number of ether oxygens (including phenoxy) is 1. The number of carbonyl (C=O) groups is 2. The zero-order chi connectivity index (χ0) is 16.0. The Bertz CT molecular complexity index is 681. The zero-order valence-corrected chi connectivity index (χ0v) is 12.1. The van der Waals surface area contributed by atoms with Crippen molar-refractivity contribution in [2.45, 2.75) is 6.92 Å². The highest BCUT2D eigenvalue weighted by Gasteiger charge is 2.15. The maximum Gasteiger partial charge on any atom is 0.422 e. The Kier molecular flexibility index (Phi) is 5.30. The van der Waals surface area contributed by atoms with Crippen molar-refractivity contribution in [3.8, 4) is 0 Å². The second-order valence-electron chi connectivity index (χ2n) is 3.95. The minimum Gasteiger partial charge on any atom is -0.478 e. The van der Waals surface area contributed by atoms with Crippen molar-refractivity contribution in [1.82, 2.24) is 4.72 Å². The van der Waals surface area contributed by atoms with Gasteiger partial charge in [0.2, 0.25) is 0 Å². The molecule has 0 bridgehead atoms. The van der Waals surface area contributed by atoms with Crippen LogP contribution in [0, 0.1) is 6.92 Å². The van der Waals surface area contributed by atoms with Gasteiger partial charge in [-0.1, -0.05) is 12.1 Å². The largest absolute Gasteiger partial charge is 0.478 e. The van der Waals surface area contributed by atoms with Gasteiger partial charge < -0.3 is 9.84 Å². The Morgan fingerprint density at radius 1 is 1.33 bits per heavy atom. The molecule has 0 saturated carbocycles. The SMILES string of the molecule is COC(=O)NS(=O)(=O)Nc1cc(/C=C/C(=O)O)ccc1C. The van der Waals surface area contributed by atoms with Gasteiger partial charge in [-0.25, -0.2) is 14.3 Å². The van der Waals surface area contributed by atoms with E-state index in [0.717, 1.165) is 13.2 Å². The topological polar surface area (TPSA) is 122 Å². The summed E-state index contributed by atoms with van der Waals surface area (Å²) in [7, 11) is -3.10. The number of hydrogen-bond donors (Lipinski definition) is 3. The minimum absolute atomic E-state index is 0.207. The Balaban J connectivity index is 3.00. The van der Waals surface area contributed by atoms with Crippen molar-refractivity contribution in [1.29, 1.82) is 0 Å². The van der Waals surface area contributed by atoms with Crippen LogP contribution in [0.2, 0.25) is 0 Å². The maximum atomic E-state index is 11.7. The summed E-state index contributed by atoms with van der Waals surface area (Å²) in [5.41, 5.74) is 1.29. The molecule has 0 aliphatic carbocycles. The van der Waals surface area contributed by atoms with E-state index < -0.39 is 22.3 Å². The van der Waals surface area contributed by atoms with Crippen molar-refractivity contribution in [2.24, 2.45) is 0 Å². The summed E-state index contributed by atoms with van der Waals surface area (Å²) >= 11 is 0. The van der Waals surface area contributed by atoms with Crippen LogP contribution in [-0.4, -0.2) is 32.7 Å². The average molecular weight is 314 g/mol. The van der Waals surface area contributed by atoms with E-state index in [2.05, 4.69) is 9.46 Å². The average Bonchev–Trinajstić information content (AvgIpc) is 2.38. The van der Waals surface area contributed by atoms with Gasteiger partial charge in [-0.15, -0.1) is 0 Å². The zero-order valence-electron chi connectivity index (χ0n) is 11.3. The smallest absolute Gasteiger partial charge is 0.422 e. The number of carboxylic acid groups (broad SMARTS) is 1. The summed E-state index contributed by atoms with van der Waals surface area (Å²) in [4.78, 5) is 21.4. The van der Waals surface area contributed by atoms with Crippen LogP contribution >= 0.6 is 0 Å². The molecule has 0 unspecified atom stereocenters. The lowest BCUT2D eigenvalue weighted by Gasteiger charge is -2.11. The predicted octanol–water partition coefficient (Wildman–Crippen LogP) is 1.11. The molecule has 3 N–H and O–H groups in total. The van der Waals surface area contributed by atoms with Crippen molar-refractivity contribution in [2.75, 3.05) is 11.8 Å². The fraction of sp³-hybridized carbons (Fsp3) is 0.167. The maximum absolute atomic E-state index is 11.7. The van der Waals surface area contributed by atoms with Crippen LogP contribution in [0.3, 0.4) is 0 Å². The molecule has 1 aromatic rings. The van der Waals surface area contributed by atoms with E-state index in [1.807, 2.05) is 0 Å². The molecule has 0 radical (unpaired) electrons. The Hall–Kier alpha value is -2.55. The van der Waals surface area contributed by atoms with Crippen LogP contribution in [-0.2, 0) is 19.7 Å². The molecule has 1 aromatic carbocycles. The lowest BCUT2D eigenvalue weighted by atomic mass is 10.1. The van der Waals surface area contributed by atoms with E-state index in [1.54, 1.807) is 23.8 Å². The third-order valence-corrected chi connectivity index (χ3v) is 3.25. The summed E-state index contributed by atoms with van der Waals surface area (Å²) in [5.74, 6) is -1.12. The molecular weight excluding hydrogens is 300 g/mol. The van der Waals surface area contributed by atoms with Gasteiger partial charge in [0, 0.05) is 6.08 Å². The van der Waals surface area contributed by atoms with Crippen LogP contribution in [0.15, 0.2) is 24.3 Å². The Morgan fingerprint density at radius 2 is 2.00 bits per heavy atom. The number of hydrogen-bond acceptors (Lipinski definition) is 5. The second kappa shape index (κ2) is 6.75. The number of aryl methyl sites for hydroxylation is 1. The van der Waals surface area contributed by atoms with Gasteiger partial charge in [0.1, 0.15) is 0 Å². The van der Waals surface area contributed by atoms with Crippen LogP contribution in [0.1, 0.15) is 11.1 Å². The molecule has 1 amide bonds. The summed E-state index contributed by atoms with van der Waals surface area (Å²) < 4.78 is 31.3. The number of methoxy groups -OCH3 is 1. The van der Waals surface area contributed by atoms with Gasteiger partial charge in [0.15, 0.2) is 0 Å². The van der Waals surface area contributed by atoms with E-state index in [1.165, 1.54) is 12.1 Å². The first-order valence-electron chi connectivity index (χ1n) is 5.63. The van der Waals surface area contributed by atoms with E-state index in [0.29, 0.717) is 11.1 Å². The molecule has 0 aliphatic rings. The van der Waals surface area contributed by atoms with Crippen molar-refractivity contribution >= 4 is 34.0 Å². The highest BCUT2D eigenvalue weighted by atomic mass is 32.2. The lowest BCUT2D eigenvalue weighted by Crippen LogP contribution is -2.35. The van der Waals surface area contributed by atoms with Gasteiger partial charge >= 0.3 is 22.3 Å². The predicted molar refractivity (Wildman–Crippen MR) is 75.9 cm³/mol. The number of amides is 1. The first-order valence-corrected chi connectivity index (χ1v) is 7.12. The summed E-state index contributed by atoms with van der Waals surface area (Å²) in [5, 5.41) is 8.55. The molecule has 0 atom stereocenters. The normalized spacial score (nSPS) is 11.1. The first kappa shape index (κ1) is 16.5. The molecule has 0 aliphatic heterocycles. The van der Waals surface area contributed by atoms with Crippen molar-refractivity contribution < 1.29 is 27.9 Å². The second-order valence-corrected chi connectivity index (χ2v) is 5.36. The first-order chi connectivity index (χ1) is 9.73. The van der Waals surface area contributed by atoms with Gasteiger partial charge in [-0.2, -0.15) is 8.42 Å².